The van der Waals surface area contributed by atoms with E-state index >= 15 is 0 Å². The van der Waals surface area contributed by atoms with Crippen molar-refractivity contribution >= 4 is 18.6 Å². The van der Waals surface area contributed by atoms with Crippen molar-refractivity contribution in [3.63, 3.8) is 0 Å². The molecule has 1 rings (SSSR count). The minimum atomic E-state index is -1.04. The van der Waals surface area contributed by atoms with E-state index < -0.39 is 5.97 Å². The van der Waals surface area contributed by atoms with Crippen LogP contribution >= 0.6 is 12.6 Å². The molecule has 1 aromatic heterocycles. The Morgan fingerprint density at radius 3 is 3.07 bits per heavy atom. The second-order valence-corrected chi connectivity index (χ2v) is 2.96. The molecule has 0 amide bonds. The van der Waals surface area contributed by atoms with Crippen LogP contribution in [0.15, 0.2) is 18.3 Å². The van der Waals surface area contributed by atoms with Crippen molar-refractivity contribution < 1.29 is 9.90 Å². The molecule has 72 valence electrons. The van der Waals surface area contributed by atoms with E-state index in [4.69, 9.17) is 5.11 Å². The van der Waals surface area contributed by atoms with Gasteiger partial charge in [-0.25, -0.2) is 9.78 Å². The molecule has 0 aromatic carbocycles. The van der Waals surface area contributed by atoms with Crippen LogP contribution in [-0.2, 0) is 0 Å². The molecule has 0 aliphatic rings. The van der Waals surface area contributed by atoms with Gasteiger partial charge in [-0.05, 0) is 12.1 Å². The lowest BCUT2D eigenvalue weighted by Crippen LogP contribution is -1.99. The molecule has 0 saturated carbocycles. The van der Waals surface area contributed by atoms with Crippen molar-refractivity contribution in [3.8, 4) is 11.8 Å². The van der Waals surface area contributed by atoms with Gasteiger partial charge >= 0.3 is 5.97 Å². The predicted molar refractivity (Wildman–Crippen MR) is 56.5 cm³/mol. The second-order valence-electron chi connectivity index (χ2n) is 2.51. The van der Waals surface area contributed by atoms with Crippen LogP contribution in [0.3, 0.4) is 0 Å². The SMILES string of the molecule is O=C(O)c1cc(C#CCCS)ccn1. The van der Waals surface area contributed by atoms with Crippen LogP contribution in [0.1, 0.15) is 22.5 Å². The van der Waals surface area contributed by atoms with Crippen LogP contribution in [0.25, 0.3) is 0 Å². The number of pyridine rings is 1. The Morgan fingerprint density at radius 2 is 2.43 bits per heavy atom. The van der Waals surface area contributed by atoms with Gasteiger partial charge in [0.2, 0.25) is 0 Å². The normalized spacial score (nSPS) is 8.93. The number of carboxylic acids is 1. The minimum absolute atomic E-state index is 0.0164. The first-order valence-electron chi connectivity index (χ1n) is 4.03. The third-order valence-electron chi connectivity index (χ3n) is 1.45. The zero-order chi connectivity index (χ0) is 10.4. The number of aromatic carboxylic acids is 1. The Hall–Kier alpha value is -1.47. The van der Waals surface area contributed by atoms with Crippen LogP contribution in [0.2, 0.25) is 0 Å². The Bertz CT molecular complexity index is 393. The lowest BCUT2D eigenvalue weighted by Gasteiger charge is -1.93. The summed E-state index contributed by atoms with van der Waals surface area (Å²) in [5.74, 6) is 5.37. The highest BCUT2D eigenvalue weighted by Gasteiger charge is 2.02. The molecule has 0 aliphatic carbocycles. The van der Waals surface area contributed by atoms with Gasteiger partial charge < -0.3 is 5.11 Å². The average molecular weight is 207 g/mol. The molecule has 0 aliphatic heterocycles. The molecule has 1 N–H and O–H groups in total. The van der Waals surface area contributed by atoms with Gasteiger partial charge in [0, 0.05) is 23.9 Å². The summed E-state index contributed by atoms with van der Waals surface area (Å²) in [5, 5.41) is 8.66. The highest BCUT2D eigenvalue weighted by molar-refractivity contribution is 7.80. The maximum Gasteiger partial charge on any atom is 0.354 e. The Kier molecular flexibility index (Phi) is 4.02. The number of hydrogen-bond acceptors (Lipinski definition) is 3. The number of aromatic nitrogens is 1. The number of hydrogen-bond donors (Lipinski definition) is 2. The quantitative estimate of drug-likeness (QED) is 0.570. The van der Waals surface area contributed by atoms with Crippen molar-refractivity contribution in [2.24, 2.45) is 0 Å². The van der Waals surface area contributed by atoms with Crippen LogP contribution in [0, 0.1) is 11.8 Å². The number of carbonyl (C=O) groups is 1. The van der Waals surface area contributed by atoms with Crippen molar-refractivity contribution in [2.45, 2.75) is 6.42 Å². The van der Waals surface area contributed by atoms with Gasteiger partial charge in [-0.3, -0.25) is 0 Å². The predicted octanol–water partition coefficient (Wildman–Crippen LogP) is 1.45. The number of rotatable bonds is 2. The van der Waals surface area contributed by atoms with E-state index in [2.05, 4.69) is 29.5 Å². The van der Waals surface area contributed by atoms with Gasteiger partial charge in [0.15, 0.2) is 0 Å². The third kappa shape index (κ3) is 3.11. The fraction of sp³-hybridized carbons (Fsp3) is 0.200. The molecule has 0 radical (unpaired) electrons. The van der Waals surface area contributed by atoms with Crippen LogP contribution in [-0.4, -0.2) is 21.8 Å². The van der Waals surface area contributed by atoms with Crippen molar-refractivity contribution in [2.75, 3.05) is 5.75 Å². The maximum absolute atomic E-state index is 10.6. The van der Waals surface area contributed by atoms with Gasteiger partial charge in [-0.15, -0.1) is 0 Å². The summed E-state index contributed by atoms with van der Waals surface area (Å²) in [4.78, 5) is 14.2. The summed E-state index contributed by atoms with van der Waals surface area (Å²) >= 11 is 4.01. The van der Waals surface area contributed by atoms with Crippen molar-refractivity contribution in [3.05, 3.63) is 29.6 Å². The molecule has 0 unspecified atom stereocenters. The van der Waals surface area contributed by atoms with E-state index in [1.54, 1.807) is 6.07 Å². The zero-order valence-electron chi connectivity index (χ0n) is 7.40. The molecule has 14 heavy (non-hydrogen) atoms. The number of nitrogens with zero attached hydrogens (tertiary/aromatic N) is 1. The van der Waals surface area contributed by atoms with Crippen molar-refractivity contribution in [1.82, 2.24) is 4.98 Å². The van der Waals surface area contributed by atoms with Gasteiger partial charge in [-0.1, -0.05) is 11.8 Å². The van der Waals surface area contributed by atoms with Crippen LogP contribution in [0.5, 0.6) is 0 Å². The fourth-order valence-corrected chi connectivity index (χ4v) is 0.958. The molecule has 1 heterocycles. The van der Waals surface area contributed by atoms with E-state index in [0.717, 1.165) is 0 Å². The summed E-state index contributed by atoms with van der Waals surface area (Å²) in [6.07, 6.45) is 2.13. The summed E-state index contributed by atoms with van der Waals surface area (Å²) in [6.45, 7) is 0. The number of thiol groups is 1. The Morgan fingerprint density at radius 1 is 1.64 bits per heavy atom. The molecule has 4 heteroatoms. The molecular formula is C10H9NO2S. The smallest absolute Gasteiger partial charge is 0.354 e. The zero-order valence-corrected chi connectivity index (χ0v) is 8.29. The lowest BCUT2D eigenvalue weighted by atomic mass is 10.2. The van der Waals surface area contributed by atoms with E-state index in [1.165, 1.54) is 12.3 Å². The van der Waals surface area contributed by atoms with Gasteiger partial charge in [0.05, 0.1) is 0 Å². The third-order valence-corrected chi connectivity index (χ3v) is 1.67. The molecule has 0 fully saturated rings. The average Bonchev–Trinajstić information content (AvgIpc) is 2.19. The van der Waals surface area contributed by atoms with Crippen molar-refractivity contribution in [1.29, 1.82) is 0 Å². The maximum atomic E-state index is 10.6. The van der Waals surface area contributed by atoms with E-state index in [9.17, 15) is 4.79 Å². The second kappa shape index (κ2) is 5.30. The van der Waals surface area contributed by atoms with E-state index in [-0.39, 0.29) is 5.69 Å². The molecule has 1 aromatic rings. The lowest BCUT2D eigenvalue weighted by molar-refractivity contribution is 0.0690. The standard InChI is InChI=1S/C10H9NO2S/c12-10(13)9-7-8(4-5-11-9)3-1-2-6-14/h4-5,7,14H,2,6H2,(H,12,13). The first-order chi connectivity index (χ1) is 6.74. The summed E-state index contributed by atoms with van der Waals surface area (Å²) in [5.41, 5.74) is 0.682. The first kappa shape index (κ1) is 10.6. The topological polar surface area (TPSA) is 50.2 Å². The van der Waals surface area contributed by atoms with Gasteiger partial charge in [0.1, 0.15) is 5.69 Å². The molecular weight excluding hydrogens is 198 g/mol. The summed E-state index contributed by atoms with van der Waals surface area (Å²) in [7, 11) is 0. The molecule has 0 saturated heterocycles. The van der Waals surface area contributed by atoms with Crippen LogP contribution < -0.4 is 0 Å². The Labute approximate surface area is 87.6 Å². The van der Waals surface area contributed by atoms with E-state index in [0.29, 0.717) is 17.7 Å². The fourth-order valence-electron chi connectivity index (χ4n) is 0.846. The highest BCUT2D eigenvalue weighted by Crippen LogP contribution is 2.00. The summed E-state index contributed by atoms with van der Waals surface area (Å²) < 4.78 is 0. The monoisotopic (exact) mass is 207 g/mol. The first-order valence-corrected chi connectivity index (χ1v) is 4.66. The summed E-state index contributed by atoms with van der Waals surface area (Å²) in [6, 6.07) is 3.13. The molecule has 3 nitrogen and oxygen atoms in total. The Balaban J connectivity index is 2.85. The van der Waals surface area contributed by atoms with Crippen LogP contribution in [0.4, 0.5) is 0 Å². The largest absolute Gasteiger partial charge is 0.477 e. The highest BCUT2D eigenvalue weighted by atomic mass is 32.1. The van der Waals surface area contributed by atoms with Gasteiger partial charge in [-0.2, -0.15) is 12.6 Å². The molecule has 0 atom stereocenters. The molecule has 0 spiro atoms. The number of carboxylic acid groups (broad SMARTS) is 1. The molecule has 0 bridgehead atoms. The van der Waals surface area contributed by atoms with E-state index in [1.807, 2.05) is 0 Å². The minimum Gasteiger partial charge on any atom is -0.477 e. The van der Waals surface area contributed by atoms with Gasteiger partial charge in [0.25, 0.3) is 0 Å².